The van der Waals surface area contributed by atoms with E-state index in [0.717, 1.165) is 42.1 Å². The summed E-state index contributed by atoms with van der Waals surface area (Å²) < 4.78 is 6.66. The topological polar surface area (TPSA) is 26.3 Å². The maximum atomic E-state index is 12.3. The van der Waals surface area contributed by atoms with Crippen LogP contribution in [0.2, 0.25) is 0 Å². The summed E-state index contributed by atoms with van der Waals surface area (Å²) in [5.74, 6) is 3.83. The molecule has 3 aliphatic carbocycles. The Balaban J connectivity index is 0.00000158. The first-order valence-corrected chi connectivity index (χ1v) is 16.1. The Morgan fingerprint density at radius 3 is 2.38 bits per heavy atom. The van der Waals surface area contributed by atoms with Crippen molar-refractivity contribution in [3.8, 4) is 0 Å². The molecule has 0 bridgehead atoms. The molecule has 8 atom stereocenters. The second-order valence-electron chi connectivity index (χ2n) is 11.9. The maximum Gasteiger partial charge on any atom is 0.333 e. The molecule has 0 radical (unpaired) electrons. The fraction of sp³-hybridized carbons (Fsp3) is 0.833. The number of carbonyl (C=O) groups excluding carboxylic acids is 1. The molecule has 4 rings (SSSR count). The molecule has 0 amide bonds. The predicted molar refractivity (Wildman–Crippen MR) is 162 cm³/mol. The van der Waals surface area contributed by atoms with Crippen LogP contribution in [-0.2, 0) is 9.53 Å². The number of halogens is 2. The summed E-state index contributed by atoms with van der Waals surface area (Å²) in [7, 11) is 0. The van der Waals surface area contributed by atoms with Crippen molar-refractivity contribution in [3.05, 3.63) is 22.8 Å². The van der Waals surface area contributed by atoms with E-state index in [0.29, 0.717) is 12.8 Å². The van der Waals surface area contributed by atoms with E-state index >= 15 is 0 Å². The summed E-state index contributed by atoms with van der Waals surface area (Å²) in [5.41, 5.74) is 3.67. The Morgan fingerprint density at radius 1 is 1.00 bits per heavy atom. The number of ether oxygens (including phenoxy) is 1. The van der Waals surface area contributed by atoms with E-state index in [1.165, 1.54) is 56.9 Å². The fourth-order valence-corrected chi connectivity index (χ4v) is 10.3. The van der Waals surface area contributed by atoms with Crippen LogP contribution in [0.25, 0.3) is 0 Å². The van der Waals surface area contributed by atoms with Crippen molar-refractivity contribution in [3.63, 3.8) is 0 Å². The molecule has 0 N–H and O–H groups in total. The van der Waals surface area contributed by atoms with Crippen molar-refractivity contribution in [2.24, 2.45) is 29.6 Å². The first-order valence-electron chi connectivity index (χ1n) is 13.9. The van der Waals surface area contributed by atoms with E-state index in [1.807, 2.05) is 20.8 Å². The molecule has 1 heterocycles. The number of alkyl halides is 2. The zero-order chi connectivity index (χ0) is 25.3. The lowest BCUT2D eigenvalue weighted by atomic mass is 9.60. The van der Waals surface area contributed by atoms with Crippen molar-refractivity contribution in [1.82, 2.24) is 0 Å². The highest BCUT2D eigenvalue weighted by Crippen LogP contribution is 2.63. The molecule has 194 valence electrons. The van der Waals surface area contributed by atoms with Crippen LogP contribution in [0.5, 0.6) is 0 Å². The molecule has 4 aliphatic rings. The van der Waals surface area contributed by atoms with E-state index in [2.05, 4.69) is 79.0 Å². The third-order valence-electron chi connectivity index (χ3n) is 9.60. The van der Waals surface area contributed by atoms with Gasteiger partial charge in [0.2, 0.25) is 0 Å². The highest BCUT2D eigenvalue weighted by molar-refractivity contribution is 14.1. The minimum Gasteiger partial charge on any atom is -0.459 e. The van der Waals surface area contributed by atoms with E-state index < -0.39 is 0 Å². The van der Waals surface area contributed by atoms with Gasteiger partial charge in [-0.3, -0.25) is 0 Å². The van der Waals surface area contributed by atoms with Crippen molar-refractivity contribution < 1.29 is 9.53 Å². The molecule has 4 heteroatoms. The normalized spacial score (nSPS) is 44.6. The third-order valence-corrected chi connectivity index (χ3v) is 13.2. The lowest BCUT2D eigenvalue weighted by Gasteiger charge is -2.52. The van der Waals surface area contributed by atoms with Gasteiger partial charge in [0.1, 0.15) is 6.10 Å². The van der Waals surface area contributed by atoms with E-state index in [4.69, 9.17) is 4.74 Å². The Morgan fingerprint density at radius 2 is 1.71 bits per heavy atom. The summed E-state index contributed by atoms with van der Waals surface area (Å²) in [5, 5.41) is 0. The summed E-state index contributed by atoms with van der Waals surface area (Å²) in [6.45, 7) is 15.4. The number of carbonyl (C=O) groups is 1. The number of esters is 1. The van der Waals surface area contributed by atoms with Gasteiger partial charge in [0, 0.05) is 18.8 Å². The predicted octanol–water partition coefficient (Wildman–Crippen LogP) is 9.63. The van der Waals surface area contributed by atoms with E-state index in [9.17, 15) is 4.79 Å². The van der Waals surface area contributed by atoms with Crippen molar-refractivity contribution in [2.45, 2.75) is 126 Å². The van der Waals surface area contributed by atoms with Gasteiger partial charge in [0.05, 0.1) is 0 Å². The first kappa shape index (κ1) is 29.0. The number of hydrogen-bond acceptors (Lipinski definition) is 2. The largest absolute Gasteiger partial charge is 0.459 e. The van der Waals surface area contributed by atoms with Gasteiger partial charge in [0.15, 0.2) is 0 Å². The summed E-state index contributed by atoms with van der Waals surface area (Å²) in [6.07, 6.45) is 15.3. The highest BCUT2D eigenvalue weighted by atomic mass is 127. The minimum absolute atomic E-state index is 0.0811. The van der Waals surface area contributed by atoms with Crippen LogP contribution in [0.15, 0.2) is 22.8 Å². The van der Waals surface area contributed by atoms with Gasteiger partial charge in [-0.25, -0.2) is 4.79 Å². The monoisotopic (exact) mass is 694 g/mol. The lowest BCUT2D eigenvalue weighted by molar-refractivity contribution is -0.146. The molecule has 0 aromatic carbocycles. The molecule has 8 unspecified atom stereocenters. The first-order chi connectivity index (χ1) is 16.0. The molecule has 0 aromatic heterocycles. The molecule has 2 saturated carbocycles. The van der Waals surface area contributed by atoms with E-state index in [1.54, 1.807) is 5.57 Å². The van der Waals surface area contributed by atoms with Gasteiger partial charge in [-0.15, -0.1) is 0 Å². The summed E-state index contributed by atoms with van der Waals surface area (Å²) in [6, 6.07) is 0. The smallest absolute Gasteiger partial charge is 0.333 e. The molecule has 0 aromatic rings. The van der Waals surface area contributed by atoms with Crippen LogP contribution >= 0.6 is 45.2 Å². The van der Waals surface area contributed by atoms with Gasteiger partial charge < -0.3 is 4.74 Å². The van der Waals surface area contributed by atoms with Crippen LogP contribution in [0.3, 0.4) is 0 Å². The maximum absolute atomic E-state index is 12.3. The van der Waals surface area contributed by atoms with Crippen molar-refractivity contribution in [1.29, 1.82) is 0 Å². The minimum atomic E-state index is -0.0811. The Labute approximate surface area is 237 Å². The number of cyclic esters (lactones) is 1. The van der Waals surface area contributed by atoms with Crippen LogP contribution in [0, 0.1) is 29.6 Å². The van der Waals surface area contributed by atoms with Crippen LogP contribution < -0.4 is 0 Å². The van der Waals surface area contributed by atoms with Crippen LogP contribution in [0.1, 0.15) is 113 Å². The molecule has 34 heavy (non-hydrogen) atoms. The van der Waals surface area contributed by atoms with Gasteiger partial charge in [0.25, 0.3) is 0 Å². The standard InChI is InChI=1S/C28H42I2O2.C2H6/c1-17-6-8-23-24(27(5,29)12-10-18(2)14-17)11-13-28(30)21(7-9-25(23)28)16-22-15-19(3)20(4)26(31)32-22;1-2/h6,18,21-25H,7-16H2,1-5H3;1-2H3/b17-6+;. The van der Waals surface area contributed by atoms with Crippen molar-refractivity contribution >= 4 is 51.2 Å². The Kier molecular flexibility index (Phi) is 10.1. The number of allylic oxidation sites excluding steroid dienone is 2. The van der Waals surface area contributed by atoms with Gasteiger partial charge in [-0.2, -0.15) is 0 Å². The molecular weight excluding hydrogens is 646 g/mol. The number of rotatable bonds is 2. The number of hydrogen-bond donors (Lipinski definition) is 0. The summed E-state index contributed by atoms with van der Waals surface area (Å²) >= 11 is 5.73. The van der Waals surface area contributed by atoms with E-state index in [-0.39, 0.29) is 12.1 Å². The summed E-state index contributed by atoms with van der Waals surface area (Å²) in [4.78, 5) is 12.3. The molecule has 0 spiro atoms. The second-order valence-corrected chi connectivity index (χ2v) is 16.4. The molecule has 1 aliphatic heterocycles. The average molecular weight is 695 g/mol. The molecular formula is C30H48I2O2. The Hall–Kier alpha value is 0.410. The van der Waals surface area contributed by atoms with Gasteiger partial charge in [-0.1, -0.05) is 90.1 Å². The lowest BCUT2D eigenvalue weighted by Crippen LogP contribution is -2.49. The zero-order valence-corrected chi connectivity index (χ0v) is 27.0. The van der Waals surface area contributed by atoms with Crippen LogP contribution in [-0.4, -0.2) is 18.9 Å². The zero-order valence-electron chi connectivity index (χ0n) is 22.7. The van der Waals surface area contributed by atoms with Crippen LogP contribution in [0.4, 0.5) is 0 Å². The highest BCUT2D eigenvalue weighted by Gasteiger charge is 2.57. The quantitative estimate of drug-likeness (QED) is 0.125. The third kappa shape index (κ3) is 6.10. The Bertz CT molecular complexity index is 798. The second kappa shape index (κ2) is 11.9. The average Bonchev–Trinajstić information content (AvgIpc) is 3.11. The number of fused-ring (bicyclic) bond motifs is 3. The molecule has 2 fully saturated rings. The SMILES string of the molecule is CC.CC1=C(C)C(=O)OC(CC2CCC3C4C/C=C(\C)CC(C)CCC(C)(I)C4CCC23I)C1. The van der Waals surface area contributed by atoms with Crippen molar-refractivity contribution in [2.75, 3.05) is 0 Å². The molecule has 0 saturated heterocycles. The molecule has 2 nitrogen and oxygen atoms in total. The van der Waals surface area contributed by atoms with Gasteiger partial charge >= 0.3 is 5.97 Å². The van der Waals surface area contributed by atoms with Gasteiger partial charge in [-0.05, 0) is 108 Å². The fourth-order valence-electron chi connectivity index (χ4n) is 7.57.